The molecule has 8 nitrogen and oxygen atoms in total. The van der Waals surface area contributed by atoms with E-state index in [-0.39, 0.29) is 25.3 Å². The van der Waals surface area contributed by atoms with Gasteiger partial charge in [0, 0.05) is 31.0 Å². The molecule has 2 atom stereocenters. The second-order valence-electron chi connectivity index (χ2n) is 8.91. The number of fused-ring (bicyclic) bond motifs is 1. The number of hydrazone groups is 1. The second-order valence-corrected chi connectivity index (χ2v) is 9.82. The second kappa shape index (κ2) is 10.2. The van der Waals surface area contributed by atoms with Crippen LogP contribution in [0.15, 0.2) is 58.1 Å². The van der Waals surface area contributed by atoms with Crippen LogP contribution in [0.1, 0.15) is 24.0 Å². The number of nitrogens with zero attached hydrogens (tertiary/aromatic N) is 3. The van der Waals surface area contributed by atoms with Gasteiger partial charge in [-0.2, -0.15) is 5.10 Å². The standard InChI is InChI=1S/C25H26BrFN4O4/c1-30-23(33)25(14-16-5-3-2-4-6-16)15-31(12-11-21(25)29-30)22(32)20(28-24(34)35)10-7-17-13-18(26)8-9-19(17)27/h2-6,8-9,13,20,28H,7,10-12,14-15H2,1H3,(H,34,35). The molecule has 4 rings (SSSR count). The lowest BCUT2D eigenvalue weighted by Crippen LogP contribution is -2.58. The number of likely N-dealkylation sites (tertiary alicyclic amines) is 1. The molecule has 2 heterocycles. The van der Waals surface area contributed by atoms with Gasteiger partial charge in [0.2, 0.25) is 5.91 Å². The van der Waals surface area contributed by atoms with E-state index in [1.54, 1.807) is 19.2 Å². The highest BCUT2D eigenvalue weighted by molar-refractivity contribution is 9.10. The van der Waals surface area contributed by atoms with Crippen molar-refractivity contribution in [3.05, 3.63) is 69.9 Å². The van der Waals surface area contributed by atoms with E-state index < -0.39 is 29.3 Å². The Bertz CT molecular complexity index is 1180. The summed E-state index contributed by atoms with van der Waals surface area (Å²) in [4.78, 5) is 39.8. The van der Waals surface area contributed by atoms with Crippen LogP contribution in [-0.2, 0) is 22.4 Å². The maximum Gasteiger partial charge on any atom is 0.405 e. The molecule has 2 N–H and O–H groups in total. The maximum atomic E-state index is 14.2. The Labute approximate surface area is 210 Å². The van der Waals surface area contributed by atoms with Gasteiger partial charge in [0.15, 0.2) is 0 Å². The van der Waals surface area contributed by atoms with Gasteiger partial charge >= 0.3 is 6.09 Å². The normalized spacial score (nSPS) is 20.3. The highest BCUT2D eigenvalue weighted by atomic mass is 79.9. The fraction of sp³-hybridized carbons (Fsp3) is 0.360. The minimum Gasteiger partial charge on any atom is -0.465 e. The van der Waals surface area contributed by atoms with Gasteiger partial charge in [0.25, 0.3) is 5.91 Å². The van der Waals surface area contributed by atoms with Crippen LogP contribution >= 0.6 is 15.9 Å². The van der Waals surface area contributed by atoms with Gasteiger partial charge < -0.3 is 15.3 Å². The molecule has 184 valence electrons. The number of hydrogen-bond donors (Lipinski definition) is 2. The first-order chi connectivity index (χ1) is 16.7. The molecule has 2 unspecified atom stereocenters. The molecule has 2 aromatic carbocycles. The molecule has 35 heavy (non-hydrogen) atoms. The van der Waals surface area contributed by atoms with Crippen LogP contribution in [0, 0.1) is 11.2 Å². The molecule has 2 aromatic rings. The van der Waals surface area contributed by atoms with E-state index >= 15 is 0 Å². The van der Waals surface area contributed by atoms with Gasteiger partial charge in [0.1, 0.15) is 17.3 Å². The predicted octanol–water partition coefficient (Wildman–Crippen LogP) is 3.45. The minimum atomic E-state index is -1.34. The molecule has 3 amide bonds. The van der Waals surface area contributed by atoms with Crippen LogP contribution in [0.5, 0.6) is 0 Å². The highest BCUT2D eigenvalue weighted by Gasteiger charge is 2.53. The molecule has 0 bridgehead atoms. The quantitative estimate of drug-likeness (QED) is 0.557. The summed E-state index contributed by atoms with van der Waals surface area (Å²) in [6.45, 7) is 0.421. The van der Waals surface area contributed by atoms with E-state index in [4.69, 9.17) is 0 Å². The van der Waals surface area contributed by atoms with E-state index in [1.807, 2.05) is 30.3 Å². The molecule has 0 saturated carbocycles. The first-order valence-corrected chi connectivity index (χ1v) is 12.1. The summed E-state index contributed by atoms with van der Waals surface area (Å²) in [7, 11) is 1.61. The monoisotopic (exact) mass is 544 g/mol. The Kier molecular flexibility index (Phi) is 7.20. The van der Waals surface area contributed by atoms with Crippen molar-refractivity contribution in [2.75, 3.05) is 20.1 Å². The summed E-state index contributed by atoms with van der Waals surface area (Å²) >= 11 is 3.31. The smallest absolute Gasteiger partial charge is 0.405 e. The number of rotatable bonds is 7. The third-order valence-electron chi connectivity index (χ3n) is 6.57. The van der Waals surface area contributed by atoms with E-state index in [1.165, 1.54) is 16.0 Å². The number of amides is 3. The van der Waals surface area contributed by atoms with Crippen LogP contribution in [0.3, 0.4) is 0 Å². The number of hydrogen-bond acceptors (Lipinski definition) is 4. The lowest BCUT2D eigenvalue weighted by molar-refractivity contribution is -0.140. The Balaban J connectivity index is 1.56. The predicted molar refractivity (Wildman–Crippen MR) is 131 cm³/mol. The lowest BCUT2D eigenvalue weighted by atomic mass is 9.73. The average molecular weight is 545 g/mol. The van der Waals surface area contributed by atoms with Crippen molar-refractivity contribution in [2.45, 2.75) is 31.7 Å². The molecular weight excluding hydrogens is 519 g/mol. The zero-order valence-corrected chi connectivity index (χ0v) is 20.8. The van der Waals surface area contributed by atoms with Gasteiger partial charge in [-0.15, -0.1) is 0 Å². The summed E-state index contributed by atoms with van der Waals surface area (Å²) in [6.07, 6.45) is -0.295. The van der Waals surface area contributed by atoms with Crippen molar-refractivity contribution in [3.63, 3.8) is 0 Å². The summed E-state index contributed by atoms with van der Waals surface area (Å²) < 4.78 is 14.9. The van der Waals surface area contributed by atoms with Crippen LogP contribution < -0.4 is 5.32 Å². The molecule has 0 radical (unpaired) electrons. The first kappa shape index (κ1) is 24.8. The zero-order valence-electron chi connectivity index (χ0n) is 19.2. The average Bonchev–Trinajstić information content (AvgIpc) is 3.07. The fourth-order valence-electron chi connectivity index (χ4n) is 4.88. The Morgan fingerprint density at radius 3 is 2.71 bits per heavy atom. The van der Waals surface area contributed by atoms with Crippen LogP contribution in [-0.4, -0.2) is 64.8 Å². The Hall–Kier alpha value is -3.27. The van der Waals surface area contributed by atoms with Crippen molar-refractivity contribution in [3.8, 4) is 0 Å². The number of carbonyl (C=O) groups is 3. The SMILES string of the molecule is CN1N=C2CCN(C(=O)C(CCc3cc(Br)ccc3F)NC(=O)O)CC2(Cc2ccccc2)C1=O. The minimum absolute atomic E-state index is 0.0789. The van der Waals surface area contributed by atoms with E-state index in [0.29, 0.717) is 29.4 Å². The maximum absolute atomic E-state index is 14.2. The number of halogens is 2. The molecule has 10 heteroatoms. The van der Waals surface area contributed by atoms with Crippen molar-refractivity contribution < 1.29 is 23.9 Å². The topological polar surface area (TPSA) is 102 Å². The van der Waals surface area contributed by atoms with Gasteiger partial charge in [-0.05, 0) is 48.6 Å². The molecule has 0 aromatic heterocycles. The number of piperidine rings is 1. The zero-order chi connectivity index (χ0) is 25.2. The summed E-state index contributed by atoms with van der Waals surface area (Å²) in [5, 5.41) is 17.4. The third kappa shape index (κ3) is 5.22. The van der Waals surface area contributed by atoms with Crippen molar-refractivity contribution in [1.29, 1.82) is 0 Å². The number of benzene rings is 2. The molecule has 2 aliphatic rings. The molecule has 0 spiro atoms. The largest absolute Gasteiger partial charge is 0.465 e. The van der Waals surface area contributed by atoms with E-state index in [2.05, 4.69) is 26.3 Å². The molecule has 2 aliphatic heterocycles. The number of carbonyl (C=O) groups excluding carboxylic acids is 2. The molecular formula is C25H26BrFN4O4. The first-order valence-electron chi connectivity index (χ1n) is 11.3. The van der Waals surface area contributed by atoms with Crippen LogP contribution in [0.4, 0.5) is 9.18 Å². The van der Waals surface area contributed by atoms with Crippen molar-refractivity contribution in [2.24, 2.45) is 10.5 Å². The van der Waals surface area contributed by atoms with Crippen molar-refractivity contribution >= 4 is 39.5 Å². The molecule has 0 aliphatic carbocycles. The lowest BCUT2D eigenvalue weighted by Gasteiger charge is -2.40. The van der Waals surface area contributed by atoms with Gasteiger partial charge in [-0.1, -0.05) is 46.3 Å². The third-order valence-corrected chi connectivity index (χ3v) is 7.07. The van der Waals surface area contributed by atoms with Gasteiger partial charge in [0.05, 0.1) is 5.71 Å². The number of carboxylic acid groups (broad SMARTS) is 1. The van der Waals surface area contributed by atoms with Gasteiger partial charge in [-0.25, -0.2) is 14.2 Å². The summed E-state index contributed by atoms with van der Waals surface area (Å²) in [5.41, 5.74) is 1.07. The van der Waals surface area contributed by atoms with Crippen LogP contribution in [0.2, 0.25) is 0 Å². The highest BCUT2D eigenvalue weighted by Crippen LogP contribution is 2.38. The molecule has 1 fully saturated rings. The molecule has 1 saturated heterocycles. The Morgan fingerprint density at radius 2 is 2.00 bits per heavy atom. The number of aryl methyl sites for hydroxylation is 1. The summed E-state index contributed by atoms with van der Waals surface area (Å²) in [6, 6.07) is 13.0. The van der Waals surface area contributed by atoms with E-state index in [0.717, 1.165) is 11.3 Å². The summed E-state index contributed by atoms with van der Waals surface area (Å²) in [5.74, 6) is -1.04. The van der Waals surface area contributed by atoms with E-state index in [9.17, 15) is 23.9 Å². The van der Waals surface area contributed by atoms with Gasteiger partial charge in [-0.3, -0.25) is 9.59 Å². The van der Waals surface area contributed by atoms with Crippen LogP contribution in [0.25, 0.3) is 0 Å². The Morgan fingerprint density at radius 1 is 1.26 bits per heavy atom. The van der Waals surface area contributed by atoms with Crippen molar-refractivity contribution in [1.82, 2.24) is 15.2 Å². The number of nitrogens with one attached hydrogen (secondary N) is 1. The fourth-order valence-corrected chi connectivity index (χ4v) is 5.29.